The van der Waals surface area contributed by atoms with Crippen LogP contribution in [0.15, 0.2) is 0 Å². The first kappa shape index (κ1) is 14.0. The van der Waals surface area contributed by atoms with Crippen molar-refractivity contribution in [2.75, 3.05) is 19.6 Å². The van der Waals surface area contributed by atoms with Crippen molar-refractivity contribution in [3.05, 3.63) is 0 Å². The van der Waals surface area contributed by atoms with E-state index in [1.165, 1.54) is 45.3 Å². The van der Waals surface area contributed by atoms with Crippen LogP contribution in [0.3, 0.4) is 0 Å². The second-order valence-corrected chi connectivity index (χ2v) is 5.77. The monoisotopic (exact) mass is 226 g/mol. The van der Waals surface area contributed by atoms with E-state index in [-0.39, 0.29) is 0 Å². The molecule has 0 radical (unpaired) electrons. The van der Waals surface area contributed by atoms with E-state index in [0.717, 1.165) is 18.0 Å². The van der Waals surface area contributed by atoms with E-state index >= 15 is 0 Å². The molecule has 0 aromatic carbocycles. The van der Waals surface area contributed by atoms with E-state index < -0.39 is 0 Å². The Bertz CT molecular complexity index is 180. The largest absolute Gasteiger partial charge is 0.313 e. The van der Waals surface area contributed by atoms with Gasteiger partial charge in [-0.25, -0.2) is 0 Å². The highest BCUT2D eigenvalue weighted by Crippen LogP contribution is 2.17. The second kappa shape index (κ2) is 7.29. The van der Waals surface area contributed by atoms with Gasteiger partial charge in [0.2, 0.25) is 0 Å². The zero-order valence-corrected chi connectivity index (χ0v) is 11.6. The van der Waals surface area contributed by atoms with Crippen molar-refractivity contribution < 1.29 is 0 Å². The molecule has 1 rings (SSSR count). The summed E-state index contributed by atoms with van der Waals surface area (Å²) in [6.45, 7) is 13.0. The molecule has 0 spiro atoms. The predicted molar refractivity (Wildman–Crippen MR) is 71.8 cm³/mol. The molecular weight excluding hydrogens is 196 g/mol. The van der Waals surface area contributed by atoms with Crippen LogP contribution in [-0.4, -0.2) is 36.6 Å². The van der Waals surface area contributed by atoms with Gasteiger partial charge in [-0.1, -0.05) is 20.8 Å². The molecule has 2 unspecified atom stereocenters. The topological polar surface area (TPSA) is 15.3 Å². The molecule has 2 atom stereocenters. The summed E-state index contributed by atoms with van der Waals surface area (Å²) in [5.74, 6) is 0.818. The van der Waals surface area contributed by atoms with Gasteiger partial charge in [0.25, 0.3) is 0 Å². The fourth-order valence-electron chi connectivity index (χ4n) is 2.75. The van der Waals surface area contributed by atoms with Gasteiger partial charge in [-0.3, -0.25) is 4.90 Å². The average Bonchev–Trinajstić information content (AvgIpc) is 2.26. The number of hydrogen-bond donors (Lipinski definition) is 1. The number of nitrogens with zero attached hydrogens (tertiary/aromatic N) is 1. The van der Waals surface area contributed by atoms with Gasteiger partial charge >= 0.3 is 0 Å². The maximum atomic E-state index is 3.67. The Kier molecular flexibility index (Phi) is 6.37. The fraction of sp³-hybridized carbons (Fsp3) is 1.00. The van der Waals surface area contributed by atoms with Crippen molar-refractivity contribution in [1.82, 2.24) is 10.2 Å². The van der Waals surface area contributed by atoms with Gasteiger partial charge in [-0.05, 0) is 51.6 Å². The molecule has 1 aliphatic rings. The first-order valence-corrected chi connectivity index (χ1v) is 7.11. The van der Waals surface area contributed by atoms with Crippen LogP contribution in [0.25, 0.3) is 0 Å². The Morgan fingerprint density at radius 1 is 1.31 bits per heavy atom. The lowest BCUT2D eigenvalue weighted by atomic mass is 9.99. The third-order valence-electron chi connectivity index (χ3n) is 3.57. The van der Waals surface area contributed by atoms with Crippen LogP contribution < -0.4 is 5.32 Å². The van der Waals surface area contributed by atoms with Gasteiger partial charge in [-0.2, -0.15) is 0 Å². The summed E-state index contributed by atoms with van der Waals surface area (Å²) in [7, 11) is 0. The van der Waals surface area contributed by atoms with Gasteiger partial charge in [-0.15, -0.1) is 0 Å². The van der Waals surface area contributed by atoms with E-state index in [2.05, 4.69) is 37.9 Å². The van der Waals surface area contributed by atoms with Crippen LogP contribution in [0, 0.1) is 5.92 Å². The maximum absolute atomic E-state index is 3.67. The van der Waals surface area contributed by atoms with Crippen LogP contribution in [-0.2, 0) is 0 Å². The SMILES string of the molecule is CCCNC1CCCN(C(C)CC(C)C)C1. The number of hydrogen-bond acceptors (Lipinski definition) is 2. The van der Waals surface area contributed by atoms with Gasteiger partial charge in [0, 0.05) is 18.6 Å². The molecule has 0 aromatic heterocycles. The molecule has 1 fully saturated rings. The van der Waals surface area contributed by atoms with Crippen molar-refractivity contribution in [3.8, 4) is 0 Å². The molecule has 0 amide bonds. The molecular formula is C14H30N2. The number of likely N-dealkylation sites (tertiary alicyclic amines) is 1. The smallest absolute Gasteiger partial charge is 0.0195 e. The molecule has 2 heteroatoms. The average molecular weight is 226 g/mol. The number of piperidine rings is 1. The summed E-state index contributed by atoms with van der Waals surface area (Å²) >= 11 is 0. The third kappa shape index (κ3) is 4.84. The first-order valence-electron chi connectivity index (χ1n) is 7.11. The van der Waals surface area contributed by atoms with E-state index in [1.54, 1.807) is 0 Å². The predicted octanol–water partition coefficient (Wildman–Crippen LogP) is 2.89. The molecule has 16 heavy (non-hydrogen) atoms. The van der Waals surface area contributed by atoms with Gasteiger partial charge < -0.3 is 5.32 Å². The third-order valence-corrected chi connectivity index (χ3v) is 3.57. The molecule has 0 saturated carbocycles. The highest BCUT2D eigenvalue weighted by molar-refractivity contribution is 4.81. The lowest BCUT2D eigenvalue weighted by molar-refractivity contribution is 0.132. The summed E-state index contributed by atoms with van der Waals surface area (Å²) in [6.07, 6.45) is 5.31. The summed E-state index contributed by atoms with van der Waals surface area (Å²) in [6, 6.07) is 1.49. The van der Waals surface area contributed by atoms with Crippen LogP contribution in [0.5, 0.6) is 0 Å². The molecule has 0 aliphatic carbocycles. The molecule has 1 saturated heterocycles. The van der Waals surface area contributed by atoms with E-state index in [0.29, 0.717) is 0 Å². The Labute approximate surface area is 102 Å². The second-order valence-electron chi connectivity index (χ2n) is 5.77. The summed E-state index contributed by atoms with van der Waals surface area (Å²) in [5, 5.41) is 3.67. The Morgan fingerprint density at radius 2 is 2.06 bits per heavy atom. The normalized spacial score (nSPS) is 24.9. The Morgan fingerprint density at radius 3 is 2.69 bits per heavy atom. The van der Waals surface area contributed by atoms with Crippen LogP contribution in [0.1, 0.15) is 53.4 Å². The zero-order valence-electron chi connectivity index (χ0n) is 11.6. The zero-order chi connectivity index (χ0) is 12.0. The number of nitrogens with one attached hydrogen (secondary N) is 1. The summed E-state index contributed by atoms with van der Waals surface area (Å²) in [4.78, 5) is 2.68. The highest BCUT2D eigenvalue weighted by atomic mass is 15.2. The van der Waals surface area contributed by atoms with E-state index in [1.807, 2.05) is 0 Å². The standard InChI is InChI=1S/C14H30N2/c1-5-8-15-14-7-6-9-16(11-14)13(4)10-12(2)3/h12-15H,5-11H2,1-4H3. The lowest BCUT2D eigenvalue weighted by Gasteiger charge is -2.37. The fourth-order valence-corrected chi connectivity index (χ4v) is 2.75. The van der Waals surface area contributed by atoms with Crippen molar-refractivity contribution in [3.63, 3.8) is 0 Å². The van der Waals surface area contributed by atoms with Crippen molar-refractivity contribution in [2.24, 2.45) is 5.92 Å². The van der Waals surface area contributed by atoms with Crippen LogP contribution in [0.2, 0.25) is 0 Å². The Balaban J connectivity index is 2.31. The molecule has 1 N–H and O–H groups in total. The molecule has 2 nitrogen and oxygen atoms in total. The molecule has 1 aliphatic heterocycles. The Hall–Kier alpha value is -0.0800. The first-order chi connectivity index (χ1) is 7.63. The van der Waals surface area contributed by atoms with Crippen LogP contribution in [0.4, 0.5) is 0 Å². The minimum Gasteiger partial charge on any atom is -0.313 e. The van der Waals surface area contributed by atoms with E-state index in [9.17, 15) is 0 Å². The van der Waals surface area contributed by atoms with E-state index in [4.69, 9.17) is 0 Å². The molecule has 1 heterocycles. The minimum atomic E-state index is 0.739. The van der Waals surface area contributed by atoms with Crippen molar-refractivity contribution in [2.45, 2.75) is 65.5 Å². The lowest BCUT2D eigenvalue weighted by Crippen LogP contribution is -2.49. The molecule has 96 valence electrons. The maximum Gasteiger partial charge on any atom is 0.0195 e. The summed E-state index contributed by atoms with van der Waals surface area (Å²) < 4.78 is 0. The molecule has 0 bridgehead atoms. The number of rotatable bonds is 6. The van der Waals surface area contributed by atoms with Crippen molar-refractivity contribution in [1.29, 1.82) is 0 Å². The molecule has 0 aromatic rings. The summed E-state index contributed by atoms with van der Waals surface area (Å²) in [5.41, 5.74) is 0. The minimum absolute atomic E-state index is 0.739. The van der Waals surface area contributed by atoms with Gasteiger partial charge in [0.15, 0.2) is 0 Å². The highest BCUT2D eigenvalue weighted by Gasteiger charge is 2.23. The van der Waals surface area contributed by atoms with Crippen molar-refractivity contribution >= 4 is 0 Å². The quantitative estimate of drug-likeness (QED) is 0.749. The van der Waals surface area contributed by atoms with Gasteiger partial charge in [0.05, 0.1) is 0 Å². The van der Waals surface area contributed by atoms with Crippen LogP contribution >= 0.6 is 0 Å². The van der Waals surface area contributed by atoms with Gasteiger partial charge in [0.1, 0.15) is 0 Å².